The summed E-state index contributed by atoms with van der Waals surface area (Å²) in [5.41, 5.74) is 7.30. The molecule has 0 aliphatic heterocycles. The van der Waals surface area contributed by atoms with Crippen LogP contribution in [0.3, 0.4) is 0 Å². The van der Waals surface area contributed by atoms with E-state index in [9.17, 15) is 4.39 Å². The van der Waals surface area contributed by atoms with Crippen LogP contribution < -0.4 is 5.73 Å². The number of nitrogens with two attached hydrogens (primary N) is 1. The van der Waals surface area contributed by atoms with Crippen molar-refractivity contribution in [1.29, 1.82) is 0 Å². The highest BCUT2D eigenvalue weighted by molar-refractivity contribution is 5.26. The summed E-state index contributed by atoms with van der Waals surface area (Å²) in [6.45, 7) is 0.491. The third-order valence-corrected chi connectivity index (χ3v) is 2.54. The van der Waals surface area contributed by atoms with Crippen LogP contribution in [-0.2, 0) is 6.54 Å². The van der Waals surface area contributed by atoms with E-state index in [-0.39, 0.29) is 5.92 Å². The Bertz CT molecular complexity index is 294. The molecule has 0 aromatic heterocycles. The molecule has 1 aliphatic carbocycles. The minimum absolute atomic E-state index is 0.271. The Balaban J connectivity index is 2.18. The van der Waals surface area contributed by atoms with Crippen molar-refractivity contribution in [2.24, 2.45) is 11.7 Å². The van der Waals surface area contributed by atoms with Crippen molar-refractivity contribution in [3.05, 3.63) is 35.4 Å². The second kappa shape index (κ2) is 3.46. The first-order valence-corrected chi connectivity index (χ1v) is 4.74. The summed E-state index contributed by atoms with van der Waals surface area (Å²) < 4.78 is 13.6. The third-order valence-electron chi connectivity index (χ3n) is 2.54. The van der Waals surface area contributed by atoms with Gasteiger partial charge in [0.1, 0.15) is 6.17 Å². The molecule has 1 aromatic rings. The van der Waals surface area contributed by atoms with Crippen LogP contribution >= 0.6 is 0 Å². The highest BCUT2D eigenvalue weighted by atomic mass is 19.1. The van der Waals surface area contributed by atoms with Gasteiger partial charge in [-0.05, 0) is 29.9 Å². The molecule has 1 unspecified atom stereocenters. The molecule has 2 rings (SSSR count). The van der Waals surface area contributed by atoms with Crippen molar-refractivity contribution in [2.75, 3.05) is 0 Å². The monoisotopic (exact) mass is 179 g/mol. The van der Waals surface area contributed by atoms with Gasteiger partial charge in [0, 0.05) is 6.54 Å². The van der Waals surface area contributed by atoms with Gasteiger partial charge in [0.2, 0.25) is 0 Å². The molecule has 0 amide bonds. The molecule has 1 fully saturated rings. The van der Waals surface area contributed by atoms with E-state index in [4.69, 9.17) is 5.73 Å². The Morgan fingerprint density at radius 2 is 2.23 bits per heavy atom. The van der Waals surface area contributed by atoms with E-state index >= 15 is 0 Å². The average molecular weight is 179 g/mol. The normalized spacial score (nSPS) is 18.6. The number of hydrogen-bond donors (Lipinski definition) is 1. The van der Waals surface area contributed by atoms with Crippen molar-refractivity contribution in [3.8, 4) is 0 Å². The lowest BCUT2D eigenvalue weighted by molar-refractivity contribution is 0.305. The van der Waals surface area contributed by atoms with Gasteiger partial charge < -0.3 is 5.73 Å². The Morgan fingerprint density at radius 3 is 2.85 bits per heavy atom. The smallest absolute Gasteiger partial charge is 0.128 e. The molecule has 70 valence electrons. The average Bonchev–Trinajstić information content (AvgIpc) is 3.00. The highest BCUT2D eigenvalue weighted by Gasteiger charge is 2.32. The van der Waals surface area contributed by atoms with Crippen molar-refractivity contribution < 1.29 is 4.39 Å². The Morgan fingerprint density at radius 1 is 1.46 bits per heavy atom. The predicted molar refractivity (Wildman–Crippen MR) is 50.9 cm³/mol. The minimum Gasteiger partial charge on any atom is -0.326 e. The van der Waals surface area contributed by atoms with Crippen molar-refractivity contribution in [3.63, 3.8) is 0 Å². The third kappa shape index (κ3) is 1.89. The second-order valence-corrected chi connectivity index (χ2v) is 3.69. The van der Waals surface area contributed by atoms with Gasteiger partial charge in [0.25, 0.3) is 0 Å². The van der Waals surface area contributed by atoms with Crippen LogP contribution in [0.25, 0.3) is 0 Å². The van der Waals surface area contributed by atoms with Crippen LogP contribution in [0.15, 0.2) is 24.3 Å². The van der Waals surface area contributed by atoms with Crippen LogP contribution in [0, 0.1) is 5.92 Å². The standard InChI is InChI=1S/C11H14FN/c12-11(9-4-5-9)10-3-1-2-8(6-10)7-13/h1-3,6,9,11H,4-5,7,13H2. The molecule has 2 heteroatoms. The molecule has 0 bridgehead atoms. The molecular weight excluding hydrogens is 165 g/mol. The molecule has 0 radical (unpaired) electrons. The lowest BCUT2D eigenvalue weighted by Crippen LogP contribution is -1.99. The largest absolute Gasteiger partial charge is 0.326 e. The fourth-order valence-corrected chi connectivity index (χ4v) is 1.55. The maximum atomic E-state index is 13.6. The molecule has 1 atom stereocenters. The quantitative estimate of drug-likeness (QED) is 0.758. The summed E-state index contributed by atoms with van der Waals surface area (Å²) in [4.78, 5) is 0. The zero-order valence-corrected chi connectivity index (χ0v) is 7.54. The molecule has 0 spiro atoms. The topological polar surface area (TPSA) is 26.0 Å². The molecule has 1 aromatic carbocycles. The SMILES string of the molecule is NCc1cccc(C(F)C2CC2)c1. The van der Waals surface area contributed by atoms with E-state index in [2.05, 4.69) is 0 Å². The van der Waals surface area contributed by atoms with Gasteiger partial charge in [0.05, 0.1) is 0 Å². The van der Waals surface area contributed by atoms with Crippen LogP contribution in [0.1, 0.15) is 30.1 Å². The van der Waals surface area contributed by atoms with E-state index in [1.165, 1.54) is 0 Å². The molecule has 1 nitrogen and oxygen atoms in total. The number of benzene rings is 1. The maximum absolute atomic E-state index is 13.6. The van der Waals surface area contributed by atoms with Gasteiger partial charge in [-0.25, -0.2) is 4.39 Å². The summed E-state index contributed by atoms with van der Waals surface area (Å²) in [7, 11) is 0. The molecular formula is C11H14FN. The Kier molecular flexibility index (Phi) is 2.32. The lowest BCUT2D eigenvalue weighted by atomic mass is 10.0. The van der Waals surface area contributed by atoms with Gasteiger partial charge in [-0.2, -0.15) is 0 Å². The first kappa shape index (κ1) is 8.70. The Labute approximate surface area is 77.8 Å². The van der Waals surface area contributed by atoms with Gasteiger partial charge >= 0.3 is 0 Å². The zero-order chi connectivity index (χ0) is 9.26. The van der Waals surface area contributed by atoms with Gasteiger partial charge in [-0.3, -0.25) is 0 Å². The summed E-state index contributed by atoms with van der Waals surface area (Å²) in [6, 6.07) is 7.54. The van der Waals surface area contributed by atoms with Crippen LogP contribution in [0.5, 0.6) is 0 Å². The zero-order valence-electron chi connectivity index (χ0n) is 7.54. The molecule has 2 N–H and O–H groups in total. The summed E-state index contributed by atoms with van der Waals surface area (Å²) in [5, 5.41) is 0. The molecule has 0 saturated heterocycles. The van der Waals surface area contributed by atoms with E-state index in [0.717, 1.165) is 24.0 Å². The highest BCUT2D eigenvalue weighted by Crippen LogP contribution is 2.43. The first-order chi connectivity index (χ1) is 6.31. The van der Waals surface area contributed by atoms with Crippen molar-refractivity contribution >= 4 is 0 Å². The molecule has 13 heavy (non-hydrogen) atoms. The van der Waals surface area contributed by atoms with Gasteiger partial charge in [0.15, 0.2) is 0 Å². The van der Waals surface area contributed by atoms with Gasteiger partial charge in [-0.15, -0.1) is 0 Å². The minimum atomic E-state index is -0.772. The Hall–Kier alpha value is -0.890. The molecule has 0 heterocycles. The summed E-state index contributed by atoms with van der Waals surface area (Å²) in [6.07, 6.45) is 1.30. The number of alkyl halides is 1. The fraction of sp³-hybridized carbons (Fsp3) is 0.455. The number of halogens is 1. The summed E-state index contributed by atoms with van der Waals surface area (Å²) in [5.74, 6) is 0.271. The summed E-state index contributed by atoms with van der Waals surface area (Å²) >= 11 is 0. The van der Waals surface area contributed by atoms with Crippen molar-refractivity contribution in [2.45, 2.75) is 25.6 Å². The number of hydrogen-bond acceptors (Lipinski definition) is 1. The van der Waals surface area contributed by atoms with E-state index < -0.39 is 6.17 Å². The van der Waals surface area contributed by atoms with E-state index in [1.807, 2.05) is 24.3 Å². The van der Waals surface area contributed by atoms with Crippen molar-refractivity contribution in [1.82, 2.24) is 0 Å². The second-order valence-electron chi connectivity index (χ2n) is 3.69. The number of rotatable bonds is 3. The van der Waals surface area contributed by atoms with Crippen LogP contribution in [0.4, 0.5) is 4.39 Å². The van der Waals surface area contributed by atoms with E-state index in [0.29, 0.717) is 6.54 Å². The first-order valence-electron chi connectivity index (χ1n) is 4.74. The van der Waals surface area contributed by atoms with Gasteiger partial charge in [-0.1, -0.05) is 24.3 Å². The predicted octanol–water partition coefficient (Wildman–Crippen LogP) is 2.57. The lowest BCUT2D eigenvalue weighted by Gasteiger charge is -2.07. The van der Waals surface area contributed by atoms with Crippen LogP contribution in [-0.4, -0.2) is 0 Å². The van der Waals surface area contributed by atoms with E-state index in [1.54, 1.807) is 0 Å². The van der Waals surface area contributed by atoms with Crippen LogP contribution in [0.2, 0.25) is 0 Å². The molecule has 1 aliphatic rings. The maximum Gasteiger partial charge on any atom is 0.128 e. The fourth-order valence-electron chi connectivity index (χ4n) is 1.55. The molecule has 1 saturated carbocycles.